The van der Waals surface area contributed by atoms with Crippen molar-refractivity contribution >= 4 is 0 Å². The molecule has 0 amide bonds. The van der Waals surface area contributed by atoms with Crippen molar-refractivity contribution in [2.45, 2.75) is 13.5 Å². The maximum Gasteiger partial charge on any atom is 0.126 e. The number of ether oxygens (including phenoxy) is 1. The topological polar surface area (TPSA) is 29.5 Å². The molecule has 3 heteroatoms. The Kier molecular flexibility index (Phi) is 3.28. The highest BCUT2D eigenvalue weighted by Gasteiger charge is 2.00. The van der Waals surface area contributed by atoms with Crippen molar-refractivity contribution in [3.8, 4) is 11.5 Å². The zero-order valence-electron chi connectivity index (χ0n) is 9.48. The van der Waals surface area contributed by atoms with Crippen LogP contribution in [0.1, 0.15) is 11.1 Å². The Bertz CT molecular complexity index is 506. The Morgan fingerprint density at radius 1 is 1.12 bits per heavy atom. The molecule has 0 aliphatic rings. The van der Waals surface area contributed by atoms with Crippen LogP contribution in [0.3, 0.4) is 0 Å². The SMILES string of the molecule is Cc1cc(OCc2ccc(O)cc2)ccc1F. The molecule has 0 aromatic heterocycles. The molecule has 0 aliphatic carbocycles. The van der Waals surface area contributed by atoms with Crippen molar-refractivity contribution in [3.05, 3.63) is 59.4 Å². The van der Waals surface area contributed by atoms with Crippen LogP contribution in [0.15, 0.2) is 42.5 Å². The minimum absolute atomic E-state index is 0.228. The van der Waals surface area contributed by atoms with Gasteiger partial charge in [0.1, 0.15) is 23.9 Å². The van der Waals surface area contributed by atoms with Gasteiger partial charge < -0.3 is 9.84 Å². The lowest BCUT2D eigenvalue weighted by atomic mass is 10.2. The molecule has 1 N–H and O–H groups in total. The highest BCUT2D eigenvalue weighted by molar-refractivity contribution is 5.30. The lowest BCUT2D eigenvalue weighted by molar-refractivity contribution is 0.305. The number of aryl methyl sites for hydroxylation is 1. The van der Waals surface area contributed by atoms with Crippen LogP contribution in [0, 0.1) is 12.7 Å². The summed E-state index contributed by atoms with van der Waals surface area (Å²) in [4.78, 5) is 0. The summed E-state index contributed by atoms with van der Waals surface area (Å²) in [5, 5.41) is 9.13. The third-order valence-corrected chi connectivity index (χ3v) is 2.47. The predicted molar refractivity (Wildman–Crippen MR) is 63.6 cm³/mol. The molecule has 0 atom stereocenters. The number of benzene rings is 2. The predicted octanol–water partition coefficient (Wildman–Crippen LogP) is 3.42. The van der Waals surface area contributed by atoms with Crippen LogP contribution < -0.4 is 4.74 Å². The van der Waals surface area contributed by atoms with Gasteiger partial charge in [-0.15, -0.1) is 0 Å². The summed E-state index contributed by atoms with van der Waals surface area (Å²) in [6.45, 7) is 2.09. The van der Waals surface area contributed by atoms with Crippen molar-refractivity contribution < 1.29 is 14.2 Å². The summed E-state index contributed by atoms with van der Waals surface area (Å²) in [7, 11) is 0. The molecule has 0 unspecified atom stereocenters. The number of aromatic hydroxyl groups is 1. The van der Waals surface area contributed by atoms with Crippen molar-refractivity contribution in [3.63, 3.8) is 0 Å². The largest absolute Gasteiger partial charge is 0.508 e. The van der Waals surface area contributed by atoms with Gasteiger partial charge in [0.05, 0.1) is 0 Å². The van der Waals surface area contributed by atoms with Gasteiger partial charge in [-0.2, -0.15) is 0 Å². The molecule has 2 rings (SSSR count). The number of hydrogen-bond donors (Lipinski definition) is 1. The van der Waals surface area contributed by atoms with Gasteiger partial charge in [0.15, 0.2) is 0 Å². The lowest BCUT2D eigenvalue weighted by Crippen LogP contribution is -1.95. The third kappa shape index (κ3) is 2.97. The van der Waals surface area contributed by atoms with Crippen LogP contribution in [-0.2, 0) is 6.61 Å². The molecule has 2 nitrogen and oxygen atoms in total. The highest BCUT2D eigenvalue weighted by Crippen LogP contribution is 2.18. The summed E-state index contributed by atoms with van der Waals surface area (Å²) >= 11 is 0. The van der Waals surface area contributed by atoms with Gasteiger partial charge >= 0.3 is 0 Å². The molecular weight excluding hydrogens is 219 g/mol. The average molecular weight is 232 g/mol. The second-order valence-electron chi connectivity index (χ2n) is 3.87. The Morgan fingerprint density at radius 3 is 2.47 bits per heavy atom. The van der Waals surface area contributed by atoms with Crippen molar-refractivity contribution in [2.75, 3.05) is 0 Å². The summed E-state index contributed by atoms with van der Waals surface area (Å²) in [6.07, 6.45) is 0. The van der Waals surface area contributed by atoms with E-state index < -0.39 is 0 Å². The van der Waals surface area contributed by atoms with E-state index in [1.165, 1.54) is 6.07 Å². The zero-order chi connectivity index (χ0) is 12.3. The van der Waals surface area contributed by atoms with Gasteiger partial charge in [-0.05, 0) is 48.4 Å². The van der Waals surface area contributed by atoms with Gasteiger partial charge in [-0.25, -0.2) is 4.39 Å². The van der Waals surface area contributed by atoms with E-state index in [1.54, 1.807) is 43.3 Å². The smallest absolute Gasteiger partial charge is 0.126 e. The van der Waals surface area contributed by atoms with Crippen LogP contribution in [0.25, 0.3) is 0 Å². The number of halogens is 1. The molecule has 2 aromatic carbocycles. The molecule has 0 aliphatic heterocycles. The summed E-state index contributed by atoms with van der Waals surface area (Å²) in [5.41, 5.74) is 1.51. The number of phenolic OH excluding ortho intramolecular Hbond substituents is 1. The van der Waals surface area contributed by atoms with Crippen molar-refractivity contribution in [2.24, 2.45) is 0 Å². The molecule has 0 fully saturated rings. The first-order chi connectivity index (χ1) is 8.15. The van der Waals surface area contributed by atoms with Crippen molar-refractivity contribution in [1.29, 1.82) is 0 Å². The minimum atomic E-state index is -0.234. The van der Waals surface area contributed by atoms with E-state index in [-0.39, 0.29) is 11.6 Å². The average Bonchev–Trinajstić information content (AvgIpc) is 2.33. The lowest BCUT2D eigenvalue weighted by Gasteiger charge is -2.07. The Balaban J connectivity index is 2.02. The van der Waals surface area contributed by atoms with Gasteiger partial charge in [0.2, 0.25) is 0 Å². The first-order valence-corrected chi connectivity index (χ1v) is 5.32. The fraction of sp³-hybridized carbons (Fsp3) is 0.143. The fourth-order valence-corrected chi connectivity index (χ4v) is 1.47. The number of phenols is 1. The molecule has 0 radical (unpaired) electrons. The van der Waals surface area contributed by atoms with Gasteiger partial charge in [0.25, 0.3) is 0 Å². The van der Waals surface area contributed by atoms with E-state index in [9.17, 15) is 4.39 Å². The summed E-state index contributed by atoms with van der Waals surface area (Å²) in [6, 6.07) is 11.4. The van der Waals surface area contributed by atoms with Crippen LogP contribution in [-0.4, -0.2) is 5.11 Å². The molecule has 88 valence electrons. The van der Waals surface area contributed by atoms with Crippen LogP contribution >= 0.6 is 0 Å². The quantitative estimate of drug-likeness (QED) is 0.878. The van der Waals surface area contributed by atoms with Gasteiger partial charge in [-0.3, -0.25) is 0 Å². The Morgan fingerprint density at radius 2 is 1.82 bits per heavy atom. The first kappa shape index (κ1) is 11.5. The molecular formula is C14H13FO2. The van der Waals surface area contributed by atoms with Crippen LogP contribution in [0.5, 0.6) is 11.5 Å². The Hall–Kier alpha value is -2.03. The fourth-order valence-electron chi connectivity index (χ4n) is 1.47. The normalized spacial score (nSPS) is 10.2. The Labute approximate surface area is 99.3 Å². The van der Waals surface area contributed by atoms with Gasteiger partial charge in [-0.1, -0.05) is 12.1 Å². The molecule has 0 heterocycles. The maximum absolute atomic E-state index is 13.0. The van der Waals surface area contributed by atoms with E-state index in [1.807, 2.05) is 0 Å². The minimum Gasteiger partial charge on any atom is -0.508 e. The van der Waals surface area contributed by atoms with E-state index in [4.69, 9.17) is 9.84 Å². The third-order valence-electron chi connectivity index (χ3n) is 2.47. The van der Waals surface area contributed by atoms with Crippen molar-refractivity contribution in [1.82, 2.24) is 0 Å². The second kappa shape index (κ2) is 4.87. The van der Waals surface area contributed by atoms with E-state index in [0.717, 1.165) is 5.56 Å². The second-order valence-corrected chi connectivity index (χ2v) is 3.87. The molecule has 0 saturated heterocycles. The number of hydrogen-bond acceptors (Lipinski definition) is 2. The zero-order valence-corrected chi connectivity index (χ0v) is 9.48. The van der Waals surface area contributed by atoms with E-state index in [0.29, 0.717) is 17.9 Å². The summed E-state index contributed by atoms with van der Waals surface area (Å²) < 4.78 is 18.5. The molecule has 0 saturated carbocycles. The maximum atomic E-state index is 13.0. The monoisotopic (exact) mass is 232 g/mol. The van der Waals surface area contributed by atoms with Crippen LogP contribution in [0.2, 0.25) is 0 Å². The highest BCUT2D eigenvalue weighted by atomic mass is 19.1. The number of rotatable bonds is 3. The van der Waals surface area contributed by atoms with Crippen LogP contribution in [0.4, 0.5) is 4.39 Å². The van der Waals surface area contributed by atoms with Gasteiger partial charge in [0, 0.05) is 0 Å². The molecule has 0 bridgehead atoms. The molecule has 2 aromatic rings. The molecule has 17 heavy (non-hydrogen) atoms. The van der Waals surface area contributed by atoms with E-state index >= 15 is 0 Å². The standard InChI is InChI=1S/C14H13FO2/c1-10-8-13(6-7-14(10)15)17-9-11-2-4-12(16)5-3-11/h2-8,16H,9H2,1H3. The summed E-state index contributed by atoms with van der Waals surface area (Å²) in [5.74, 6) is 0.630. The first-order valence-electron chi connectivity index (χ1n) is 5.32. The molecule has 0 spiro atoms. The van der Waals surface area contributed by atoms with E-state index in [2.05, 4.69) is 0 Å².